The summed E-state index contributed by atoms with van der Waals surface area (Å²) in [7, 11) is 0. The first-order valence-electron chi connectivity index (χ1n) is 6.40. The molecule has 5 nitrogen and oxygen atoms in total. The van der Waals surface area contributed by atoms with Crippen LogP contribution in [0.15, 0.2) is 24.5 Å². The van der Waals surface area contributed by atoms with Gasteiger partial charge in [0.15, 0.2) is 12.4 Å². The monoisotopic (exact) mass is 264 g/mol. The van der Waals surface area contributed by atoms with Crippen molar-refractivity contribution in [2.75, 3.05) is 0 Å². The van der Waals surface area contributed by atoms with E-state index in [0.29, 0.717) is 0 Å². The highest BCUT2D eigenvalue weighted by atomic mass is 16.2. The van der Waals surface area contributed by atoms with Crippen LogP contribution in [0.2, 0.25) is 0 Å². The predicted molar refractivity (Wildman–Crippen MR) is 72.4 cm³/mol. The molecule has 104 valence electrons. The topological polar surface area (TPSA) is 62.1 Å². The number of hydrogen-bond acceptors (Lipinski definition) is 2. The van der Waals surface area contributed by atoms with Gasteiger partial charge in [0.1, 0.15) is 0 Å². The molecule has 19 heavy (non-hydrogen) atoms. The second kappa shape index (κ2) is 6.31. The number of amides is 3. The largest absolute Gasteiger partial charge is 0.333 e. The number of carbonyl (C=O) groups is 2. The van der Waals surface area contributed by atoms with Crippen molar-refractivity contribution in [3.05, 3.63) is 30.1 Å². The molecule has 0 bridgehead atoms. The fraction of sp³-hybridized carbons (Fsp3) is 0.500. The van der Waals surface area contributed by atoms with Crippen molar-refractivity contribution < 1.29 is 14.2 Å². The number of carbonyl (C=O) groups excluding carboxylic acids is 2. The molecule has 0 atom stereocenters. The van der Waals surface area contributed by atoms with Crippen molar-refractivity contribution in [2.24, 2.45) is 0 Å². The zero-order chi connectivity index (χ0) is 14.5. The Hall–Kier alpha value is -1.91. The molecular weight excluding hydrogens is 242 g/mol. The quantitative estimate of drug-likeness (QED) is 0.805. The SMILES string of the molecule is CCc1cc[n+](CC(=O)NC(=O)NC(C)(C)C)cc1. The van der Waals surface area contributed by atoms with E-state index < -0.39 is 6.03 Å². The van der Waals surface area contributed by atoms with Crippen LogP contribution in [0.1, 0.15) is 33.3 Å². The number of aryl methyl sites for hydroxylation is 1. The molecule has 0 fully saturated rings. The Morgan fingerprint density at radius 2 is 1.79 bits per heavy atom. The minimum atomic E-state index is -0.469. The first-order valence-corrected chi connectivity index (χ1v) is 6.40. The van der Waals surface area contributed by atoms with Gasteiger partial charge in [0.25, 0.3) is 5.91 Å². The van der Waals surface area contributed by atoms with Gasteiger partial charge in [-0.05, 0) is 32.8 Å². The molecule has 0 spiro atoms. The third kappa shape index (κ3) is 5.99. The van der Waals surface area contributed by atoms with Crippen molar-refractivity contribution in [1.29, 1.82) is 0 Å². The lowest BCUT2D eigenvalue weighted by Gasteiger charge is -2.19. The predicted octanol–water partition coefficient (Wildman–Crippen LogP) is 1.16. The highest BCUT2D eigenvalue weighted by Gasteiger charge is 2.17. The minimum absolute atomic E-state index is 0.127. The molecule has 0 aromatic carbocycles. The van der Waals surface area contributed by atoms with Gasteiger partial charge in [-0.3, -0.25) is 10.1 Å². The van der Waals surface area contributed by atoms with E-state index in [0.717, 1.165) is 6.42 Å². The summed E-state index contributed by atoms with van der Waals surface area (Å²) < 4.78 is 1.73. The maximum absolute atomic E-state index is 11.7. The van der Waals surface area contributed by atoms with E-state index in [1.165, 1.54) is 5.56 Å². The molecule has 5 heteroatoms. The van der Waals surface area contributed by atoms with Crippen LogP contribution in [0.5, 0.6) is 0 Å². The number of hydrogen-bond donors (Lipinski definition) is 2. The van der Waals surface area contributed by atoms with Gasteiger partial charge in [-0.1, -0.05) is 6.92 Å². The molecule has 1 rings (SSSR count). The Kier molecular flexibility index (Phi) is 5.03. The summed E-state index contributed by atoms with van der Waals surface area (Å²) in [5.74, 6) is -0.337. The maximum atomic E-state index is 11.7. The van der Waals surface area contributed by atoms with Crippen molar-refractivity contribution in [2.45, 2.75) is 46.2 Å². The Morgan fingerprint density at radius 1 is 1.21 bits per heavy atom. The van der Waals surface area contributed by atoms with Gasteiger partial charge in [-0.2, -0.15) is 4.57 Å². The molecular formula is C14H22N3O2+. The molecule has 0 aliphatic rings. The van der Waals surface area contributed by atoms with Crippen molar-refractivity contribution >= 4 is 11.9 Å². The third-order valence-electron chi connectivity index (χ3n) is 2.44. The summed E-state index contributed by atoms with van der Waals surface area (Å²) in [5, 5.41) is 4.98. The van der Waals surface area contributed by atoms with E-state index in [1.807, 2.05) is 45.3 Å². The van der Waals surface area contributed by atoms with E-state index in [2.05, 4.69) is 17.6 Å². The van der Waals surface area contributed by atoms with Crippen LogP contribution in [0.4, 0.5) is 4.79 Å². The number of nitrogens with zero attached hydrogens (tertiary/aromatic N) is 1. The van der Waals surface area contributed by atoms with Gasteiger partial charge in [-0.15, -0.1) is 0 Å². The fourth-order valence-corrected chi connectivity index (χ4v) is 1.53. The van der Waals surface area contributed by atoms with Crippen LogP contribution in [0, 0.1) is 0 Å². The number of pyridine rings is 1. The second-order valence-electron chi connectivity index (χ2n) is 5.48. The molecule has 1 aromatic rings. The van der Waals surface area contributed by atoms with E-state index in [4.69, 9.17) is 0 Å². The summed E-state index contributed by atoms with van der Waals surface area (Å²) in [6, 6.07) is 3.45. The van der Waals surface area contributed by atoms with Crippen molar-refractivity contribution in [1.82, 2.24) is 10.6 Å². The van der Waals surface area contributed by atoms with E-state index in [-0.39, 0.29) is 18.0 Å². The average molecular weight is 264 g/mol. The summed E-state index contributed by atoms with van der Waals surface area (Å²) in [5.41, 5.74) is 0.849. The van der Waals surface area contributed by atoms with Crippen LogP contribution in [-0.2, 0) is 17.8 Å². The summed E-state index contributed by atoms with van der Waals surface area (Å²) in [6.45, 7) is 7.77. The van der Waals surface area contributed by atoms with Crippen LogP contribution >= 0.6 is 0 Å². The first kappa shape index (κ1) is 15.1. The summed E-state index contributed by atoms with van der Waals surface area (Å²) in [6.07, 6.45) is 4.63. The highest BCUT2D eigenvalue weighted by Crippen LogP contribution is 1.97. The fourth-order valence-electron chi connectivity index (χ4n) is 1.53. The van der Waals surface area contributed by atoms with E-state index in [1.54, 1.807) is 4.57 Å². The normalized spacial score (nSPS) is 10.9. The number of nitrogens with one attached hydrogen (secondary N) is 2. The van der Waals surface area contributed by atoms with Gasteiger partial charge in [0.2, 0.25) is 6.54 Å². The number of urea groups is 1. The van der Waals surface area contributed by atoms with Crippen LogP contribution < -0.4 is 15.2 Å². The molecule has 1 aromatic heterocycles. The molecule has 0 unspecified atom stereocenters. The minimum Gasteiger partial charge on any atom is -0.333 e. The number of aromatic nitrogens is 1. The van der Waals surface area contributed by atoms with Gasteiger partial charge in [-0.25, -0.2) is 4.79 Å². The molecule has 3 amide bonds. The molecule has 2 N–H and O–H groups in total. The van der Waals surface area contributed by atoms with E-state index in [9.17, 15) is 9.59 Å². The zero-order valence-corrected chi connectivity index (χ0v) is 12.0. The Bertz CT molecular complexity index is 447. The average Bonchev–Trinajstić information content (AvgIpc) is 2.27. The molecule has 0 saturated carbocycles. The van der Waals surface area contributed by atoms with Crippen molar-refractivity contribution in [3.63, 3.8) is 0 Å². The van der Waals surface area contributed by atoms with Gasteiger partial charge in [0.05, 0.1) is 0 Å². The smallest absolute Gasteiger partial charge is 0.322 e. The molecule has 0 aliphatic heterocycles. The van der Waals surface area contributed by atoms with Gasteiger partial charge >= 0.3 is 6.03 Å². The van der Waals surface area contributed by atoms with Gasteiger partial charge < -0.3 is 5.32 Å². The third-order valence-corrected chi connectivity index (χ3v) is 2.44. The van der Waals surface area contributed by atoms with Crippen LogP contribution in [-0.4, -0.2) is 17.5 Å². The molecule has 0 aliphatic carbocycles. The molecule has 0 radical (unpaired) electrons. The lowest BCUT2D eigenvalue weighted by atomic mass is 10.1. The zero-order valence-electron chi connectivity index (χ0n) is 12.0. The van der Waals surface area contributed by atoms with Gasteiger partial charge in [0, 0.05) is 17.7 Å². The van der Waals surface area contributed by atoms with Crippen molar-refractivity contribution in [3.8, 4) is 0 Å². The second-order valence-corrected chi connectivity index (χ2v) is 5.48. The number of imide groups is 1. The van der Waals surface area contributed by atoms with Crippen LogP contribution in [0.25, 0.3) is 0 Å². The standard InChI is InChI=1S/C14H21N3O2/c1-5-11-6-8-17(9-7-11)10-12(18)15-13(19)16-14(2,3)4/h6-9H,5,10H2,1-4H3,(H-,15,16,18,19)/p+1. The lowest BCUT2D eigenvalue weighted by molar-refractivity contribution is -0.684. The molecule has 1 heterocycles. The summed E-state index contributed by atoms with van der Waals surface area (Å²) in [4.78, 5) is 23.2. The number of rotatable bonds is 3. The highest BCUT2D eigenvalue weighted by molar-refractivity contribution is 5.93. The Morgan fingerprint density at radius 3 is 2.26 bits per heavy atom. The Balaban J connectivity index is 2.48. The summed E-state index contributed by atoms with van der Waals surface area (Å²) >= 11 is 0. The molecule has 0 saturated heterocycles. The lowest BCUT2D eigenvalue weighted by Crippen LogP contribution is -2.51. The van der Waals surface area contributed by atoms with E-state index >= 15 is 0 Å². The first-order chi connectivity index (χ1) is 8.80. The van der Waals surface area contributed by atoms with Crippen LogP contribution in [0.3, 0.4) is 0 Å². The Labute approximate surface area is 114 Å². The maximum Gasteiger partial charge on any atom is 0.322 e.